The lowest BCUT2D eigenvalue weighted by Crippen LogP contribution is -2.47. The van der Waals surface area contributed by atoms with Crippen LogP contribution in [0.3, 0.4) is 0 Å². The topological polar surface area (TPSA) is 175 Å². The summed E-state index contributed by atoms with van der Waals surface area (Å²) in [5, 5.41) is 34.0. The highest BCUT2D eigenvalue weighted by molar-refractivity contribution is 7.89. The van der Waals surface area contributed by atoms with Crippen molar-refractivity contribution in [2.24, 2.45) is 0 Å². The molecule has 0 amide bonds. The fourth-order valence-corrected chi connectivity index (χ4v) is 8.16. The van der Waals surface area contributed by atoms with Gasteiger partial charge in [-0.3, -0.25) is 0 Å². The summed E-state index contributed by atoms with van der Waals surface area (Å²) in [7, 11) is -7.55. The molecule has 0 bridgehead atoms. The molecule has 5 N–H and O–H groups in total. The molecule has 240 valence electrons. The Morgan fingerprint density at radius 1 is 0.909 bits per heavy atom. The van der Waals surface area contributed by atoms with Crippen molar-refractivity contribution in [3.8, 4) is 5.75 Å². The number of sulfonamides is 2. The highest BCUT2D eigenvalue weighted by atomic mass is 32.2. The van der Waals surface area contributed by atoms with E-state index in [2.05, 4.69) is 10.0 Å². The highest BCUT2D eigenvalue weighted by Crippen LogP contribution is 2.37. The van der Waals surface area contributed by atoms with E-state index in [1.807, 2.05) is 30.3 Å². The van der Waals surface area contributed by atoms with Crippen LogP contribution < -0.4 is 14.8 Å². The largest absolute Gasteiger partial charge is 0.491 e. The first-order valence-corrected chi connectivity index (χ1v) is 17.5. The molecule has 3 unspecified atom stereocenters. The Labute approximate surface area is 257 Å². The minimum absolute atomic E-state index is 0.0119. The molecule has 1 spiro atoms. The van der Waals surface area contributed by atoms with Gasteiger partial charge < -0.3 is 30.1 Å². The van der Waals surface area contributed by atoms with E-state index in [4.69, 9.17) is 14.6 Å². The van der Waals surface area contributed by atoms with Gasteiger partial charge in [0.15, 0.2) is 0 Å². The van der Waals surface area contributed by atoms with Gasteiger partial charge >= 0.3 is 0 Å². The quantitative estimate of drug-likeness (QED) is 0.178. The molecule has 3 atom stereocenters. The molecule has 44 heavy (non-hydrogen) atoms. The van der Waals surface area contributed by atoms with Gasteiger partial charge in [-0.15, -0.1) is 0 Å². The first-order valence-electron chi connectivity index (χ1n) is 14.6. The monoisotopic (exact) mass is 649 g/mol. The number of hydrogen-bond donors (Lipinski definition) is 5. The van der Waals surface area contributed by atoms with Crippen LogP contribution in [0.15, 0.2) is 76.5 Å². The molecule has 0 aromatic heterocycles. The Morgan fingerprint density at radius 2 is 1.66 bits per heavy atom. The number of rotatable bonds is 13. The van der Waals surface area contributed by atoms with Crippen molar-refractivity contribution >= 4 is 30.8 Å². The van der Waals surface area contributed by atoms with Gasteiger partial charge in [-0.25, -0.2) is 21.6 Å². The van der Waals surface area contributed by atoms with Crippen LogP contribution in [0, 0.1) is 0 Å². The van der Waals surface area contributed by atoms with Crippen LogP contribution in [0.4, 0.5) is 0 Å². The van der Waals surface area contributed by atoms with Crippen LogP contribution in [0.1, 0.15) is 19.3 Å². The van der Waals surface area contributed by atoms with Gasteiger partial charge in [0.25, 0.3) is 0 Å². The van der Waals surface area contributed by atoms with Gasteiger partial charge in [-0.2, -0.15) is 4.31 Å². The standard InChI is InChI=1S/C30H39N3O9S2/c34-19-25(35)18-32-43(37,38)28-7-3-6-27(15-28)41-21-26(36)17-31-24-16-30(42-20-24)10-12-33(13-11-30)44(39,40)29-9-8-22-4-1-2-5-23(22)14-29/h1-9,14-15,24-26,31-32,34-36H,10-13,16-21H2. The Kier molecular flexibility index (Phi) is 10.2. The molecule has 3 aromatic rings. The molecule has 12 nitrogen and oxygen atoms in total. The highest BCUT2D eigenvalue weighted by Gasteiger charge is 2.44. The first-order chi connectivity index (χ1) is 21.0. The fourth-order valence-electron chi connectivity index (χ4n) is 5.57. The number of benzene rings is 3. The average molecular weight is 650 g/mol. The summed E-state index contributed by atoms with van der Waals surface area (Å²) in [6.45, 7) is 0.432. The van der Waals surface area contributed by atoms with E-state index in [0.717, 1.165) is 10.8 Å². The Morgan fingerprint density at radius 3 is 2.41 bits per heavy atom. The van der Waals surface area contributed by atoms with Gasteiger partial charge in [0.2, 0.25) is 20.0 Å². The van der Waals surface area contributed by atoms with E-state index in [0.29, 0.717) is 39.0 Å². The maximum atomic E-state index is 13.4. The molecular formula is C30H39N3O9S2. The maximum Gasteiger partial charge on any atom is 0.243 e. The Balaban J connectivity index is 1.07. The van der Waals surface area contributed by atoms with E-state index < -0.39 is 44.5 Å². The average Bonchev–Trinajstić information content (AvgIpc) is 3.43. The van der Waals surface area contributed by atoms with Crippen molar-refractivity contribution < 1.29 is 41.6 Å². The molecule has 2 aliphatic rings. The number of aliphatic hydroxyl groups is 3. The van der Waals surface area contributed by atoms with Crippen molar-refractivity contribution in [3.05, 3.63) is 66.7 Å². The first kappa shape index (κ1) is 32.7. The van der Waals surface area contributed by atoms with Crippen molar-refractivity contribution in [3.63, 3.8) is 0 Å². The fraction of sp³-hybridized carbons (Fsp3) is 0.467. The number of fused-ring (bicyclic) bond motifs is 1. The second-order valence-electron chi connectivity index (χ2n) is 11.3. The van der Waals surface area contributed by atoms with Crippen LogP contribution in [0.2, 0.25) is 0 Å². The zero-order valence-electron chi connectivity index (χ0n) is 24.2. The summed E-state index contributed by atoms with van der Waals surface area (Å²) in [6.07, 6.45) is -0.231. The van der Waals surface area contributed by atoms with E-state index in [-0.39, 0.29) is 41.3 Å². The number of nitrogens with one attached hydrogen (secondary N) is 2. The zero-order chi connectivity index (χ0) is 31.4. The molecular weight excluding hydrogens is 610 g/mol. The van der Waals surface area contributed by atoms with E-state index in [9.17, 15) is 27.0 Å². The number of nitrogens with zero attached hydrogens (tertiary/aromatic N) is 1. The molecule has 2 saturated heterocycles. The van der Waals surface area contributed by atoms with Crippen LogP contribution in [0.5, 0.6) is 5.75 Å². The maximum absolute atomic E-state index is 13.4. The molecule has 14 heteroatoms. The van der Waals surface area contributed by atoms with E-state index in [1.54, 1.807) is 18.2 Å². The van der Waals surface area contributed by atoms with Crippen LogP contribution >= 0.6 is 0 Å². The molecule has 0 radical (unpaired) electrons. The van der Waals surface area contributed by atoms with Crippen LogP contribution in [-0.2, 0) is 24.8 Å². The lowest BCUT2D eigenvalue weighted by molar-refractivity contribution is -0.0312. The minimum atomic E-state index is -3.92. The third-order valence-corrected chi connectivity index (χ3v) is 11.4. The van der Waals surface area contributed by atoms with Gasteiger partial charge in [0.1, 0.15) is 18.5 Å². The van der Waals surface area contributed by atoms with Crippen molar-refractivity contribution in [1.82, 2.24) is 14.3 Å². The molecule has 3 aromatic carbocycles. The summed E-state index contributed by atoms with van der Waals surface area (Å²) < 4.78 is 67.1. The second kappa shape index (κ2) is 13.8. The zero-order valence-corrected chi connectivity index (χ0v) is 25.8. The molecule has 5 rings (SSSR count). The molecule has 2 fully saturated rings. The van der Waals surface area contributed by atoms with Crippen molar-refractivity contribution in [1.29, 1.82) is 0 Å². The van der Waals surface area contributed by atoms with Crippen molar-refractivity contribution in [2.45, 2.75) is 52.9 Å². The molecule has 2 aliphatic heterocycles. The molecule has 0 aliphatic carbocycles. The SMILES string of the molecule is O=S(=O)(NCC(O)CO)c1cccc(OCC(O)CNC2COC3(CCN(S(=O)(=O)c4ccc5ccccc5c4)CC3)C2)c1. The Hall–Kier alpha value is -2.66. The Bertz CT molecular complexity index is 1640. The number of ether oxygens (including phenoxy) is 2. The van der Waals surface area contributed by atoms with Gasteiger partial charge in [0.05, 0.1) is 34.7 Å². The van der Waals surface area contributed by atoms with E-state index >= 15 is 0 Å². The summed E-state index contributed by atoms with van der Waals surface area (Å²) in [4.78, 5) is 0.218. The van der Waals surface area contributed by atoms with Crippen molar-refractivity contribution in [2.75, 3.05) is 46.0 Å². The third kappa shape index (κ3) is 7.76. The third-order valence-electron chi connectivity index (χ3n) is 8.12. The lowest BCUT2D eigenvalue weighted by Gasteiger charge is -2.38. The summed E-state index contributed by atoms with van der Waals surface area (Å²) >= 11 is 0. The van der Waals surface area contributed by atoms with Gasteiger partial charge in [-0.05, 0) is 54.3 Å². The summed E-state index contributed by atoms with van der Waals surface area (Å²) in [6, 6.07) is 18.6. The summed E-state index contributed by atoms with van der Waals surface area (Å²) in [5.74, 6) is 0.253. The predicted octanol–water partition coefficient (Wildman–Crippen LogP) is 0.813. The minimum Gasteiger partial charge on any atom is -0.491 e. The number of hydrogen-bond acceptors (Lipinski definition) is 10. The van der Waals surface area contributed by atoms with Crippen LogP contribution in [0.25, 0.3) is 10.8 Å². The smallest absolute Gasteiger partial charge is 0.243 e. The molecule has 0 saturated carbocycles. The predicted molar refractivity (Wildman–Crippen MR) is 163 cm³/mol. The van der Waals surface area contributed by atoms with E-state index in [1.165, 1.54) is 22.5 Å². The molecule has 2 heterocycles. The normalized spacial score (nSPS) is 20.6. The van der Waals surface area contributed by atoms with Crippen LogP contribution in [-0.4, -0.2) is 106 Å². The number of piperidine rings is 1. The summed E-state index contributed by atoms with van der Waals surface area (Å²) in [5.41, 5.74) is -0.415. The van der Waals surface area contributed by atoms with Gasteiger partial charge in [-0.1, -0.05) is 36.4 Å². The lowest BCUT2D eigenvalue weighted by atomic mass is 9.88. The number of aliphatic hydroxyl groups excluding tert-OH is 3. The van der Waals surface area contributed by atoms with Gasteiger partial charge in [0, 0.05) is 38.3 Å². The second-order valence-corrected chi connectivity index (χ2v) is 15.0.